The second-order valence-corrected chi connectivity index (χ2v) is 26.0. The summed E-state index contributed by atoms with van der Waals surface area (Å²) in [7, 11) is 0. The Hall–Kier alpha value is -2.12. The summed E-state index contributed by atoms with van der Waals surface area (Å²) in [5, 5.41) is 153. The first-order valence-corrected chi connectivity index (χ1v) is 27.3. The van der Waals surface area contributed by atoms with Gasteiger partial charge in [0.1, 0.15) is 85.5 Å². The molecular formula is C53H84O24. The summed E-state index contributed by atoms with van der Waals surface area (Å²) in [6.45, 7) is 12.9. The molecule has 14 N–H and O–H groups in total. The van der Waals surface area contributed by atoms with E-state index >= 15 is 0 Å². The van der Waals surface area contributed by atoms with Gasteiger partial charge in [0, 0.05) is 0 Å². The summed E-state index contributed by atoms with van der Waals surface area (Å²) in [6.07, 6.45) is -29.6. The van der Waals surface area contributed by atoms with Crippen molar-refractivity contribution < 1.29 is 119 Å². The maximum absolute atomic E-state index is 13.2. The lowest BCUT2D eigenvalue weighted by atomic mass is 9.33. The third-order valence-corrected chi connectivity index (χ3v) is 21.0. The Bertz CT molecular complexity index is 2180. The number of allylic oxidation sites excluding steroid dienone is 2. The fourth-order valence-electron chi connectivity index (χ4n) is 16.5. The summed E-state index contributed by atoms with van der Waals surface area (Å²) in [4.78, 5) is 25.9. The number of hydrogen-bond acceptors (Lipinski definition) is 22. The van der Waals surface area contributed by atoms with Gasteiger partial charge in [-0.05, 0) is 103 Å². The van der Waals surface area contributed by atoms with Crippen LogP contribution in [-0.2, 0) is 47.5 Å². The molecule has 28 atom stereocenters. The van der Waals surface area contributed by atoms with E-state index in [1.807, 2.05) is 13.8 Å². The highest BCUT2D eigenvalue weighted by atomic mass is 16.8. The Balaban J connectivity index is 0.903. The van der Waals surface area contributed by atoms with E-state index in [9.17, 15) is 81.1 Å². The molecule has 5 aliphatic carbocycles. The van der Waals surface area contributed by atoms with Crippen molar-refractivity contribution in [2.24, 2.45) is 50.2 Å². The van der Waals surface area contributed by atoms with E-state index in [1.54, 1.807) is 0 Å². The standard InChI is InChI=1S/C53H84O24/c1-48(2)12-14-53(47(68)69)15-13-51(6)21(22(53)16-48)8-9-28-50(5)17-23(56)41(49(3,4)27(50)10-11-52(28,51)7)77-46-36(65)39(34(63)40(76-46)42(66)67)75-44-33(62)31(60)37(26(19-55)72-44)73-45-35(64)38(30(59)25(18-54)71-45)74-43-32(61)29(58)24(57)20-70-43/h8,22-41,43-46,54-65H,9-20H2,1-7H3,(H,66,67)(H,68,69). The molecule has 0 aromatic rings. The minimum atomic E-state index is -2.16. The molecule has 4 saturated heterocycles. The highest BCUT2D eigenvalue weighted by Gasteiger charge is 2.71. The summed E-state index contributed by atoms with van der Waals surface area (Å²) >= 11 is 0. The van der Waals surface area contributed by atoms with Crippen LogP contribution in [0.2, 0.25) is 0 Å². The van der Waals surface area contributed by atoms with E-state index in [2.05, 4.69) is 40.7 Å². The monoisotopic (exact) mass is 1100 g/mol. The zero-order valence-electron chi connectivity index (χ0n) is 44.8. The number of carboxylic acid groups (broad SMARTS) is 2. The second-order valence-electron chi connectivity index (χ2n) is 26.0. The van der Waals surface area contributed by atoms with Crippen LogP contribution in [0.15, 0.2) is 11.6 Å². The molecule has 440 valence electrons. The lowest BCUT2D eigenvalue weighted by molar-refractivity contribution is -0.389. The third kappa shape index (κ3) is 9.65. The average molecular weight is 1110 g/mol. The van der Waals surface area contributed by atoms with Crippen LogP contribution in [0.5, 0.6) is 0 Å². The van der Waals surface area contributed by atoms with Crippen LogP contribution in [-0.4, -0.2) is 232 Å². The number of aliphatic hydroxyl groups is 12. The van der Waals surface area contributed by atoms with Crippen LogP contribution < -0.4 is 0 Å². The number of carboxylic acids is 2. The van der Waals surface area contributed by atoms with Gasteiger partial charge in [-0.3, -0.25) is 4.79 Å². The molecule has 0 spiro atoms. The Morgan fingerprint density at radius 1 is 0.584 bits per heavy atom. The van der Waals surface area contributed by atoms with Gasteiger partial charge in [0.25, 0.3) is 0 Å². The highest BCUT2D eigenvalue weighted by Crippen LogP contribution is 2.76. The van der Waals surface area contributed by atoms with Crippen LogP contribution >= 0.6 is 0 Å². The molecule has 77 heavy (non-hydrogen) atoms. The predicted octanol–water partition coefficient (Wildman–Crippen LogP) is -1.77. The van der Waals surface area contributed by atoms with E-state index in [-0.39, 0.29) is 40.4 Å². The van der Waals surface area contributed by atoms with Crippen molar-refractivity contribution in [3.63, 3.8) is 0 Å². The quantitative estimate of drug-likeness (QED) is 0.0760. The average Bonchev–Trinajstić information content (AvgIpc) is 3.53. The first-order valence-electron chi connectivity index (χ1n) is 27.3. The molecule has 9 aliphatic rings. The largest absolute Gasteiger partial charge is 0.481 e. The first-order chi connectivity index (χ1) is 35.9. The van der Waals surface area contributed by atoms with Crippen molar-refractivity contribution in [2.45, 2.75) is 235 Å². The molecule has 9 rings (SSSR count). The third-order valence-electron chi connectivity index (χ3n) is 21.0. The minimum absolute atomic E-state index is 0.00391. The first kappa shape index (κ1) is 59.5. The van der Waals surface area contributed by atoms with Crippen LogP contribution in [0.1, 0.15) is 106 Å². The van der Waals surface area contributed by atoms with Gasteiger partial charge >= 0.3 is 11.9 Å². The maximum atomic E-state index is 13.2. The van der Waals surface area contributed by atoms with Gasteiger partial charge in [0.05, 0.1) is 37.4 Å². The number of fused-ring (bicyclic) bond motifs is 7. The van der Waals surface area contributed by atoms with Gasteiger partial charge in [-0.1, -0.05) is 60.1 Å². The Labute approximate surface area is 446 Å². The zero-order valence-corrected chi connectivity index (χ0v) is 44.8. The van der Waals surface area contributed by atoms with E-state index in [1.165, 1.54) is 5.57 Å². The number of aliphatic carboxylic acids is 2. The van der Waals surface area contributed by atoms with Crippen molar-refractivity contribution in [3.8, 4) is 0 Å². The smallest absolute Gasteiger partial charge is 0.335 e. The Kier molecular flexibility index (Phi) is 16.4. The van der Waals surface area contributed by atoms with Crippen LogP contribution in [0.4, 0.5) is 0 Å². The molecule has 4 heterocycles. The number of rotatable bonds is 12. The second kappa shape index (κ2) is 21.3. The van der Waals surface area contributed by atoms with Crippen molar-refractivity contribution in [2.75, 3.05) is 19.8 Å². The Morgan fingerprint density at radius 3 is 1.79 bits per heavy atom. The molecule has 0 aromatic heterocycles. The highest BCUT2D eigenvalue weighted by molar-refractivity contribution is 5.76. The summed E-state index contributed by atoms with van der Waals surface area (Å²) in [6, 6.07) is 0. The number of carbonyl (C=O) groups is 2. The molecule has 0 aromatic carbocycles. The molecule has 0 amide bonds. The minimum Gasteiger partial charge on any atom is -0.481 e. The number of aliphatic hydroxyl groups excluding tert-OH is 12. The maximum Gasteiger partial charge on any atom is 0.335 e. The SMILES string of the molecule is CC1(C)CCC2(C(=O)O)CCC3(C)C(=CCC4C5(C)CC(O)C(OC6OC(C(=O)O)C(O)C(OC7OC(CO)C(OC8OC(CO)C(O)C(OC9OCC(O)C(O)C9O)C8O)C(O)C7O)C6O)C(C)(C)C5CCC43C)C2C1. The van der Waals surface area contributed by atoms with Crippen LogP contribution in [0.25, 0.3) is 0 Å². The van der Waals surface area contributed by atoms with Gasteiger partial charge in [-0.2, -0.15) is 0 Å². The van der Waals surface area contributed by atoms with Gasteiger partial charge in [0.2, 0.25) is 0 Å². The van der Waals surface area contributed by atoms with Crippen LogP contribution in [0.3, 0.4) is 0 Å². The summed E-state index contributed by atoms with van der Waals surface area (Å²) in [5.41, 5.74) is -1.40. The van der Waals surface area contributed by atoms with Gasteiger partial charge < -0.3 is 109 Å². The molecule has 8 fully saturated rings. The van der Waals surface area contributed by atoms with Crippen molar-refractivity contribution in [1.29, 1.82) is 0 Å². The number of hydrogen-bond donors (Lipinski definition) is 14. The lowest BCUT2D eigenvalue weighted by Gasteiger charge is -2.71. The van der Waals surface area contributed by atoms with E-state index < -0.39 is 177 Å². The molecule has 24 heteroatoms. The topological polar surface area (TPSA) is 391 Å². The predicted molar refractivity (Wildman–Crippen MR) is 259 cm³/mol. The fourth-order valence-corrected chi connectivity index (χ4v) is 16.5. The molecular weight excluding hydrogens is 1020 g/mol. The van der Waals surface area contributed by atoms with E-state index in [4.69, 9.17) is 37.9 Å². The fraction of sp³-hybridized carbons (Fsp3) is 0.925. The molecule has 0 radical (unpaired) electrons. The van der Waals surface area contributed by atoms with Gasteiger partial charge in [0.15, 0.2) is 31.3 Å². The van der Waals surface area contributed by atoms with Gasteiger partial charge in [-0.25, -0.2) is 4.79 Å². The van der Waals surface area contributed by atoms with Crippen molar-refractivity contribution >= 4 is 11.9 Å². The molecule has 4 aliphatic heterocycles. The normalized spacial score (nSPS) is 53.4. The zero-order chi connectivity index (χ0) is 56.4. The van der Waals surface area contributed by atoms with E-state index in [0.29, 0.717) is 19.3 Å². The molecule has 0 bridgehead atoms. The van der Waals surface area contributed by atoms with Gasteiger partial charge in [-0.15, -0.1) is 0 Å². The summed E-state index contributed by atoms with van der Waals surface area (Å²) in [5.74, 6) is -2.48. The van der Waals surface area contributed by atoms with Crippen LogP contribution in [0, 0.1) is 50.2 Å². The van der Waals surface area contributed by atoms with E-state index in [0.717, 1.165) is 32.1 Å². The van der Waals surface area contributed by atoms with Crippen molar-refractivity contribution in [3.05, 3.63) is 11.6 Å². The molecule has 4 saturated carbocycles. The summed E-state index contributed by atoms with van der Waals surface area (Å²) < 4.78 is 46.2. The molecule has 24 nitrogen and oxygen atoms in total. The van der Waals surface area contributed by atoms with Crippen molar-refractivity contribution in [1.82, 2.24) is 0 Å². The lowest BCUT2D eigenvalue weighted by Crippen LogP contribution is -2.69. The molecule has 28 unspecified atom stereocenters. The Morgan fingerprint density at radius 2 is 1.16 bits per heavy atom. The number of ether oxygens (including phenoxy) is 8.